The number of aryl methyl sites for hydroxylation is 4. The number of benzene rings is 2. The molecular weight excluding hydrogens is 569 g/mol. The molecule has 1 N–H and O–H groups in total. The second-order valence-electron chi connectivity index (χ2n) is 14.3. The van der Waals surface area contributed by atoms with E-state index in [0.717, 1.165) is 56.4 Å². The molecule has 0 saturated heterocycles. The molecule has 47 heavy (non-hydrogen) atoms. The standard InChI is InChI=1S/C45H70N2/c1-7-13-19-24-36-30-37(25-20-14-8-2)33-40(32-36)44-42(28-18-12-6)43(29-23-17-11-5)45(47(44)46)41-34-38(26-21-15-9-3)31-39(35-41)27-22-16-10-4/h29-35,46H,7-28H2,1-6H3. The van der Waals surface area contributed by atoms with E-state index in [4.69, 9.17) is 0 Å². The van der Waals surface area contributed by atoms with Crippen LogP contribution in [0.15, 0.2) is 53.6 Å². The molecule has 1 aliphatic rings. The maximum absolute atomic E-state index is 9.95. The Bertz CT molecular complexity index is 1250. The van der Waals surface area contributed by atoms with Crippen LogP contribution in [0.1, 0.15) is 190 Å². The summed E-state index contributed by atoms with van der Waals surface area (Å²) in [5.74, 6) is 9.95. The van der Waals surface area contributed by atoms with Crippen molar-refractivity contribution >= 4 is 11.4 Å². The minimum Gasteiger partial charge on any atom is -0.448 e. The monoisotopic (exact) mass is 639 g/mol. The molecule has 260 valence electrons. The molecule has 2 aromatic carbocycles. The van der Waals surface area contributed by atoms with E-state index in [9.17, 15) is 5.84 Å². The molecule has 0 atom stereocenters. The van der Waals surface area contributed by atoms with E-state index in [1.54, 1.807) is 0 Å². The molecule has 2 nitrogen and oxygen atoms in total. The van der Waals surface area contributed by atoms with Gasteiger partial charge in [-0.15, -0.1) is 0 Å². The molecule has 0 bridgehead atoms. The van der Waals surface area contributed by atoms with Crippen molar-refractivity contribution in [3.8, 4) is 0 Å². The molecule has 2 aromatic rings. The fourth-order valence-corrected chi connectivity index (χ4v) is 7.20. The molecule has 0 spiro atoms. The lowest BCUT2D eigenvalue weighted by molar-refractivity contribution is -0.347. The van der Waals surface area contributed by atoms with Crippen LogP contribution in [0.5, 0.6) is 0 Å². The fraction of sp³-hybridized carbons (Fsp3) is 0.622. The van der Waals surface area contributed by atoms with Gasteiger partial charge >= 0.3 is 0 Å². The van der Waals surface area contributed by atoms with E-state index in [0.29, 0.717) is 0 Å². The summed E-state index contributed by atoms with van der Waals surface area (Å²) in [5, 5.41) is 0. The van der Waals surface area contributed by atoms with Crippen LogP contribution < -0.4 is 0 Å². The van der Waals surface area contributed by atoms with Gasteiger partial charge in [0.05, 0.1) is 5.57 Å². The number of nitrogens with zero attached hydrogens (tertiary/aromatic N) is 1. The van der Waals surface area contributed by atoms with Crippen LogP contribution in [0.25, 0.3) is 11.5 Å². The van der Waals surface area contributed by atoms with Gasteiger partial charge < -0.3 is 5.84 Å². The molecule has 0 aromatic heterocycles. The number of hydrogen-bond donors (Lipinski definition) is 0. The minimum atomic E-state index is 1.04. The van der Waals surface area contributed by atoms with Gasteiger partial charge in [0.25, 0.3) is 0 Å². The first kappa shape index (κ1) is 38.8. The first-order chi connectivity index (χ1) is 23.0. The Morgan fingerprint density at radius 1 is 0.468 bits per heavy atom. The van der Waals surface area contributed by atoms with Crippen LogP contribution in [0.3, 0.4) is 0 Å². The van der Waals surface area contributed by atoms with Gasteiger partial charge in [0.1, 0.15) is 0 Å². The van der Waals surface area contributed by atoms with E-state index >= 15 is 0 Å². The van der Waals surface area contributed by atoms with Crippen molar-refractivity contribution in [1.29, 1.82) is 0 Å². The van der Waals surface area contributed by atoms with Crippen molar-refractivity contribution in [1.82, 2.24) is 0 Å². The molecule has 0 aliphatic carbocycles. The molecule has 0 fully saturated rings. The lowest BCUT2D eigenvalue weighted by Crippen LogP contribution is -2.13. The molecular formula is C45H70N2. The van der Waals surface area contributed by atoms with E-state index in [2.05, 4.69) is 84.0 Å². The van der Waals surface area contributed by atoms with Crippen LogP contribution in [0.4, 0.5) is 0 Å². The van der Waals surface area contributed by atoms with Crippen molar-refractivity contribution in [2.45, 2.75) is 183 Å². The zero-order valence-corrected chi connectivity index (χ0v) is 31.5. The summed E-state index contributed by atoms with van der Waals surface area (Å²) < 4.78 is 1.88. The van der Waals surface area contributed by atoms with E-state index in [-0.39, 0.29) is 0 Å². The number of allylic oxidation sites excluding steroid dienone is 3. The number of unbranched alkanes of at least 4 members (excludes halogenated alkanes) is 11. The van der Waals surface area contributed by atoms with Crippen LogP contribution >= 0.6 is 0 Å². The van der Waals surface area contributed by atoms with Gasteiger partial charge in [-0.2, -0.15) is 0 Å². The lowest BCUT2D eigenvalue weighted by Gasteiger charge is -2.14. The zero-order valence-electron chi connectivity index (χ0n) is 31.5. The third-order valence-corrected chi connectivity index (χ3v) is 9.93. The van der Waals surface area contributed by atoms with Crippen LogP contribution in [-0.4, -0.2) is 10.4 Å². The predicted octanol–water partition coefficient (Wildman–Crippen LogP) is 14.1. The second-order valence-corrected chi connectivity index (χ2v) is 14.3. The van der Waals surface area contributed by atoms with Gasteiger partial charge in [-0.05, 0) is 117 Å². The topological polar surface area (TPSA) is 26.8 Å². The Morgan fingerprint density at radius 3 is 1.28 bits per heavy atom. The van der Waals surface area contributed by atoms with Gasteiger partial charge in [0.15, 0.2) is 0 Å². The van der Waals surface area contributed by atoms with Crippen LogP contribution in [0.2, 0.25) is 0 Å². The Balaban J connectivity index is 2.24. The highest BCUT2D eigenvalue weighted by molar-refractivity contribution is 6.16. The number of hydrogen-bond acceptors (Lipinski definition) is 0. The third kappa shape index (κ3) is 12.1. The number of rotatable bonds is 24. The summed E-state index contributed by atoms with van der Waals surface area (Å²) in [6, 6.07) is 14.8. The van der Waals surface area contributed by atoms with Gasteiger partial charge in [0, 0.05) is 16.7 Å². The molecule has 0 amide bonds. The predicted molar refractivity (Wildman–Crippen MR) is 209 cm³/mol. The van der Waals surface area contributed by atoms with Gasteiger partial charge in [0.2, 0.25) is 11.4 Å². The first-order valence-electron chi connectivity index (χ1n) is 20.1. The van der Waals surface area contributed by atoms with E-state index < -0.39 is 0 Å². The van der Waals surface area contributed by atoms with Crippen molar-refractivity contribution in [3.05, 3.63) is 92.8 Å². The summed E-state index contributed by atoms with van der Waals surface area (Å²) in [6.45, 7) is 13.8. The Hall–Kier alpha value is -2.61. The fourth-order valence-electron chi connectivity index (χ4n) is 7.20. The molecule has 0 radical (unpaired) electrons. The highest BCUT2D eigenvalue weighted by atomic mass is 15.3. The maximum Gasteiger partial charge on any atom is 0.215 e. The highest BCUT2D eigenvalue weighted by Gasteiger charge is 2.35. The summed E-state index contributed by atoms with van der Waals surface area (Å²) in [4.78, 5) is 0. The third-order valence-electron chi connectivity index (χ3n) is 9.93. The normalized spacial score (nSPS) is 14.3. The minimum absolute atomic E-state index is 1.04. The van der Waals surface area contributed by atoms with Crippen LogP contribution in [0, 0.1) is 0 Å². The Morgan fingerprint density at radius 2 is 0.872 bits per heavy atom. The van der Waals surface area contributed by atoms with Crippen LogP contribution in [-0.2, 0) is 25.7 Å². The molecule has 2 heteroatoms. The second kappa shape index (κ2) is 22.1. The molecule has 1 aliphatic heterocycles. The van der Waals surface area contributed by atoms with E-state index in [1.165, 1.54) is 141 Å². The quantitative estimate of drug-likeness (QED) is 0.0808. The summed E-state index contributed by atoms with van der Waals surface area (Å²) in [6.07, 6.45) is 28.9. The molecule has 3 rings (SSSR count). The van der Waals surface area contributed by atoms with Crippen molar-refractivity contribution in [3.63, 3.8) is 0 Å². The Labute approximate surface area is 291 Å². The van der Waals surface area contributed by atoms with Gasteiger partial charge in [-0.25, -0.2) is 4.68 Å². The summed E-state index contributed by atoms with van der Waals surface area (Å²) in [5.41, 5.74) is 13.4. The smallest absolute Gasteiger partial charge is 0.215 e. The SMILES string of the molecule is CCCCC=C1C(CCCC)=C(c2cc(CCCCC)cc(CCCCC)c2)[N+]([NH-])=C1c1cc(CCCCC)cc(CCCCC)c1. The molecule has 0 saturated carbocycles. The van der Waals surface area contributed by atoms with Crippen molar-refractivity contribution in [2.75, 3.05) is 0 Å². The summed E-state index contributed by atoms with van der Waals surface area (Å²) in [7, 11) is 0. The average Bonchev–Trinajstić information content (AvgIpc) is 3.34. The lowest BCUT2D eigenvalue weighted by atomic mass is 9.89. The van der Waals surface area contributed by atoms with Crippen molar-refractivity contribution in [2.24, 2.45) is 0 Å². The number of nitrogens with one attached hydrogen (secondary N) is 1. The molecule has 0 unspecified atom stereocenters. The van der Waals surface area contributed by atoms with Gasteiger partial charge in [-0.1, -0.05) is 130 Å². The largest absolute Gasteiger partial charge is 0.448 e. The zero-order chi connectivity index (χ0) is 33.9. The Kier molecular flexibility index (Phi) is 18.3. The first-order valence-corrected chi connectivity index (χ1v) is 20.1. The highest BCUT2D eigenvalue weighted by Crippen LogP contribution is 2.39. The summed E-state index contributed by atoms with van der Waals surface area (Å²) >= 11 is 0. The average molecular weight is 639 g/mol. The van der Waals surface area contributed by atoms with Crippen molar-refractivity contribution < 1.29 is 4.68 Å². The van der Waals surface area contributed by atoms with Gasteiger partial charge in [-0.3, -0.25) is 0 Å². The molecule has 1 heterocycles. The maximum atomic E-state index is 9.95. The van der Waals surface area contributed by atoms with E-state index in [1.807, 2.05) is 4.68 Å².